The van der Waals surface area contributed by atoms with Crippen LogP contribution in [0, 0.1) is 5.92 Å². The Morgan fingerprint density at radius 3 is 2.59 bits per heavy atom. The van der Waals surface area contributed by atoms with E-state index in [0.717, 1.165) is 16.5 Å². The van der Waals surface area contributed by atoms with Gasteiger partial charge in [0.05, 0.1) is 12.6 Å². The van der Waals surface area contributed by atoms with Gasteiger partial charge in [0.1, 0.15) is 6.04 Å². The molecule has 0 aliphatic carbocycles. The Morgan fingerprint density at radius 1 is 1.28 bits per heavy atom. The standard InChI is InChI=1S/C19H28N3O6P/c1-4-28-29(26,27)22-16(9-12(2)3)18(23)21-17(19(24)25)10-13-11-20-15-8-6-5-7-14(13)15/h5-8,11-12,16-17,20H,4,9-10H2,1-3H3,(H,21,23)(H,24,25)(H2,22,26,27)/p-1/t16-,17-/m0/s1. The highest BCUT2D eigenvalue weighted by atomic mass is 31.2. The zero-order chi connectivity index (χ0) is 21.6. The Labute approximate surface area is 169 Å². The maximum Gasteiger partial charge on any atom is 0.326 e. The van der Waals surface area contributed by atoms with E-state index in [0.29, 0.717) is 0 Å². The molecule has 0 saturated carbocycles. The van der Waals surface area contributed by atoms with Crippen molar-refractivity contribution in [1.82, 2.24) is 15.4 Å². The van der Waals surface area contributed by atoms with Crippen LogP contribution in [-0.2, 0) is 25.1 Å². The lowest BCUT2D eigenvalue weighted by atomic mass is 10.0. The lowest BCUT2D eigenvalue weighted by Crippen LogP contribution is -2.51. The molecule has 0 saturated heterocycles. The zero-order valence-electron chi connectivity index (χ0n) is 16.7. The number of H-pyrrole nitrogens is 1. The number of fused-ring (bicyclic) bond motifs is 1. The largest absolute Gasteiger partial charge is 0.766 e. The number of benzene rings is 1. The summed E-state index contributed by atoms with van der Waals surface area (Å²) in [6.07, 6.45) is 1.96. The summed E-state index contributed by atoms with van der Waals surface area (Å²) in [6, 6.07) is 5.10. The summed E-state index contributed by atoms with van der Waals surface area (Å²) in [4.78, 5) is 39.5. The first-order chi connectivity index (χ1) is 13.6. The predicted octanol–water partition coefficient (Wildman–Crippen LogP) is 1.79. The predicted molar refractivity (Wildman–Crippen MR) is 107 cm³/mol. The molecule has 1 amide bonds. The van der Waals surface area contributed by atoms with Gasteiger partial charge in [-0.2, -0.15) is 0 Å². The van der Waals surface area contributed by atoms with Crippen LogP contribution in [-0.4, -0.2) is 40.7 Å². The van der Waals surface area contributed by atoms with Crippen LogP contribution in [0.3, 0.4) is 0 Å². The number of amides is 1. The van der Waals surface area contributed by atoms with Gasteiger partial charge in [-0.15, -0.1) is 0 Å². The smallest absolute Gasteiger partial charge is 0.326 e. The molecule has 10 heteroatoms. The Morgan fingerprint density at radius 2 is 1.97 bits per heavy atom. The van der Waals surface area contributed by atoms with Crippen LogP contribution >= 0.6 is 7.75 Å². The number of para-hydroxylation sites is 1. The van der Waals surface area contributed by atoms with Crippen molar-refractivity contribution in [2.45, 2.75) is 45.7 Å². The van der Waals surface area contributed by atoms with Crippen molar-refractivity contribution < 1.29 is 28.7 Å². The second-order valence-electron chi connectivity index (χ2n) is 7.19. The van der Waals surface area contributed by atoms with Gasteiger partial charge in [0.15, 0.2) is 0 Å². The number of nitrogens with one attached hydrogen (secondary N) is 3. The van der Waals surface area contributed by atoms with E-state index in [1.165, 1.54) is 6.92 Å². The van der Waals surface area contributed by atoms with E-state index in [1.807, 2.05) is 38.1 Å². The Hall–Kier alpha value is -2.19. The third kappa shape index (κ3) is 6.68. The first-order valence-corrected chi connectivity index (χ1v) is 11.0. The lowest BCUT2D eigenvalue weighted by Gasteiger charge is -2.30. The average molecular weight is 424 g/mol. The molecule has 0 aliphatic rings. The molecule has 0 bridgehead atoms. The van der Waals surface area contributed by atoms with Gasteiger partial charge in [0, 0.05) is 23.5 Å². The summed E-state index contributed by atoms with van der Waals surface area (Å²) >= 11 is 0. The highest BCUT2D eigenvalue weighted by molar-refractivity contribution is 7.49. The fourth-order valence-electron chi connectivity index (χ4n) is 3.08. The van der Waals surface area contributed by atoms with Gasteiger partial charge in [0.25, 0.3) is 0 Å². The molecule has 1 aromatic heterocycles. The summed E-state index contributed by atoms with van der Waals surface area (Å²) in [7, 11) is -4.43. The highest BCUT2D eigenvalue weighted by Crippen LogP contribution is 2.33. The summed E-state index contributed by atoms with van der Waals surface area (Å²) < 4.78 is 16.6. The highest BCUT2D eigenvalue weighted by Gasteiger charge is 2.29. The molecular formula is C19H27N3O6P-. The molecule has 0 spiro atoms. The molecule has 1 aromatic carbocycles. The number of hydrogen-bond donors (Lipinski definition) is 4. The van der Waals surface area contributed by atoms with Crippen LogP contribution in [0.4, 0.5) is 0 Å². The fraction of sp³-hybridized carbons (Fsp3) is 0.474. The van der Waals surface area contributed by atoms with Crippen LogP contribution < -0.4 is 15.3 Å². The van der Waals surface area contributed by atoms with E-state index in [2.05, 4.69) is 19.9 Å². The quantitative estimate of drug-likeness (QED) is 0.403. The third-order valence-corrected chi connectivity index (χ3v) is 5.58. The molecular weight excluding hydrogens is 397 g/mol. The molecule has 1 heterocycles. The van der Waals surface area contributed by atoms with Gasteiger partial charge in [-0.05, 0) is 30.9 Å². The van der Waals surface area contributed by atoms with Crippen molar-refractivity contribution in [2.75, 3.05) is 6.61 Å². The topological polar surface area (TPSA) is 144 Å². The van der Waals surface area contributed by atoms with Gasteiger partial charge < -0.3 is 24.8 Å². The van der Waals surface area contributed by atoms with E-state index >= 15 is 0 Å². The average Bonchev–Trinajstić information content (AvgIpc) is 3.03. The molecule has 2 aromatic rings. The zero-order valence-corrected chi connectivity index (χ0v) is 17.6. The summed E-state index contributed by atoms with van der Waals surface area (Å²) in [5.74, 6) is -1.92. The summed E-state index contributed by atoms with van der Waals surface area (Å²) in [5, 5.41) is 15.1. The van der Waals surface area contributed by atoms with Gasteiger partial charge in [-0.3, -0.25) is 9.36 Å². The van der Waals surface area contributed by atoms with Gasteiger partial charge in [-0.1, -0.05) is 32.0 Å². The minimum atomic E-state index is -4.43. The van der Waals surface area contributed by atoms with Crippen molar-refractivity contribution in [3.05, 3.63) is 36.0 Å². The molecule has 0 fully saturated rings. The SMILES string of the molecule is CCOP(=O)([O-])N[C@@H](CC(C)C)C(=O)N[C@@H](Cc1c[nH]c2ccccc12)C(=O)O. The monoisotopic (exact) mass is 424 g/mol. The maximum atomic E-state index is 12.7. The molecule has 29 heavy (non-hydrogen) atoms. The van der Waals surface area contributed by atoms with E-state index < -0.39 is 31.7 Å². The number of carbonyl (C=O) groups excluding carboxylic acids is 1. The van der Waals surface area contributed by atoms with Gasteiger partial charge in [0.2, 0.25) is 13.7 Å². The lowest BCUT2D eigenvalue weighted by molar-refractivity contribution is -0.203. The van der Waals surface area contributed by atoms with Crippen molar-refractivity contribution >= 4 is 30.5 Å². The van der Waals surface area contributed by atoms with Crippen LogP contribution in [0.25, 0.3) is 10.9 Å². The molecule has 3 atom stereocenters. The number of aromatic amines is 1. The maximum absolute atomic E-state index is 12.7. The normalized spacial score (nSPS) is 15.8. The second kappa shape index (κ2) is 10.0. The first-order valence-electron chi connectivity index (χ1n) is 9.44. The Bertz CT molecular complexity index is 897. The number of carboxylic acid groups (broad SMARTS) is 1. The van der Waals surface area contributed by atoms with Crippen molar-refractivity contribution in [2.24, 2.45) is 5.92 Å². The van der Waals surface area contributed by atoms with Crippen molar-refractivity contribution in [1.29, 1.82) is 0 Å². The minimum absolute atomic E-state index is 0.00299. The fourth-order valence-corrected chi connectivity index (χ4v) is 4.10. The minimum Gasteiger partial charge on any atom is -0.766 e. The van der Waals surface area contributed by atoms with Crippen LogP contribution in [0.15, 0.2) is 30.5 Å². The number of aromatic nitrogens is 1. The van der Waals surface area contributed by atoms with Crippen LogP contribution in [0.5, 0.6) is 0 Å². The second-order valence-corrected chi connectivity index (χ2v) is 8.70. The third-order valence-electron chi connectivity index (χ3n) is 4.35. The van der Waals surface area contributed by atoms with Gasteiger partial charge >= 0.3 is 5.97 Å². The summed E-state index contributed by atoms with van der Waals surface area (Å²) in [5.41, 5.74) is 1.60. The Kier molecular flexibility index (Phi) is 7.98. The van der Waals surface area contributed by atoms with Crippen LogP contribution in [0.1, 0.15) is 32.8 Å². The molecule has 160 valence electrons. The van der Waals surface area contributed by atoms with E-state index in [9.17, 15) is 24.2 Å². The number of carbonyl (C=O) groups is 2. The van der Waals surface area contributed by atoms with Gasteiger partial charge in [-0.25, -0.2) is 9.88 Å². The van der Waals surface area contributed by atoms with E-state index in [1.54, 1.807) is 6.20 Å². The molecule has 9 nitrogen and oxygen atoms in total. The van der Waals surface area contributed by atoms with Crippen molar-refractivity contribution in [3.63, 3.8) is 0 Å². The number of hydrogen-bond acceptors (Lipinski definition) is 5. The Balaban J connectivity index is 2.16. The van der Waals surface area contributed by atoms with E-state index in [-0.39, 0.29) is 25.4 Å². The van der Waals surface area contributed by atoms with E-state index in [4.69, 9.17) is 0 Å². The number of rotatable bonds is 11. The number of carboxylic acids is 1. The molecule has 4 N–H and O–H groups in total. The molecule has 0 radical (unpaired) electrons. The number of aliphatic carboxylic acids is 1. The first kappa shape index (κ1) is 23.1. The molecule has 0 aliphatic heterocycles. The van der Waals surface area contributed by atoms with Crippen molar-refractivity contribution in [3.8, 4) is 0 Å². The van der Waals surface area contributed by atoms with Crippen LogP contribution in [0.2, 0.25) is 0 Å². The summed E-state index contributed by atoms with van der Waals surface area (Å²) in [6.45, 7) is 5.12. The molecule has 1 unspecified atom stereocenters. The molecule has 2 rings (SSSR count).